The van der Waals surface area contributed by atoms with Gasteiger partial charge in [-0.2, -0.15) is 0 Å². The van der Waals surface area contributed by atoms with Crippen molar-refractivity contribution in [1.82, 2.24) is 4.72 Å². The minimum absolute atomic E-state index is 0.0904. The van der Waals surface area contributed by atoms with Crippen molar-refractivity contribution in [2.45, 2.75) is 38.0 Å². The van der Waals surface area contributed by atoms with E-state index in [1.807, 2.05) is 24.3 Å². The minimum Gasteiger partial charge on any atom is -0.273 e. The van der Waals surface area contributed by atoms with E-state index in [0.29, 0.717) is 0 Å². The Hall–Kier alpha value is -1.36. The van der Waals surface area contributed by atoms with Crippen LogP contribution in [0.4, 0.5) is 0 Å². The first kappa shape index (κ1) is 13.6. The van der Waals surface area contributed by atoms with Gasteiger partial charge in [0.05, 0.1) is 11.7 Å². The predicted octanol–water partition coefficient (Wildman–Crippen LogP) is 1.96. The fourth-order valence-corrected chi connectivity index (χ4v) is 4.37. The molecule has 20 heavy (non-hydrogen) atoms. The zero-order chi connectivity index (χ0) is 14.2. The summed E-state index contributed by atoms with van der Waals surface area (Å²) >= 11 is 0. The summed E-state index contributed by atoms with van der Waals surface area (Å²) in [5.74, 6) is -0.349. The SMILES string of the molecule is O=C(NS(=O)(=O)CC1CC1)C1CCCc2ccccc21. The fraction of sp³-hybridized carbons (Fsp3) is 0.533. The van der Waals surface area contributed by atoms with Gasteiger partial charge in [-0.1, -0.05) is 24.3 Å². The average Bonchev–Trinajstić information content (AvgIpc) is 3.20. The highest BCUT2D eigenvalue weighted by Crippen LogP contribution is 2.33. The van der Waals surface area contributed by atoms with Gasteiger partial charge < -0.3 is 0 Å². The molecular weight excluding hydrogens is 274 g/mol. The van der Waals surface area contributed by atoms with Crippen LogP contribution in [0, 0.1) is 5.92 Å². The quantitative estimate of drug-likeness (QED) is 0.923. The van der Waals surface area contributed by atoms with Gasteiger partial charge in [0.2, 0.25) is 15.9 Å². The summed E-state index contributed by atoms with van der Waals surface area (Å²) in [6.07, 6.45) is 4.54. The third kappa shape index (κ3) is 3.03. The molecule has 0 radical (unpaired) electrons. The molecular formula is C15H19NO3S. The van der Waals surface area contributed by atoms with E-state index in [1.54, 1.807) is 0 Å². The minimum atomic E-state index is -3.47. The smallest absolute Gasteiger partial charge is 0.240 e. The summed E-state index contributed by atoms with van der Waals surface area (Å²) in [5, 5.41) is 0. The number of sulfonamides is 1. The van der Waals surface area contributed by atoms with Crippen molar-refractivity contribution in [3.63, 3.8) is 0 Å². The Labute approximate surface area is 119 Å². The van der Waals surface area contributed by atoms with Gasteiger partial charge in [0, 0.05) is 0 Å². The van der Waals surface area contributed by atoms with Crippen LogP contribution in [0.2, 0.25) is 0 Å². The molecule has 0 spiro atoms. The summed E-state index contributed by atoms with van der Waals surface area (Å²) in [5.41, 5.74) is 2.15. The van der Waals surface area contributed by atoms with E-state index < -0.39 is 10.0 Å². The van der Waals surface area contributed by atoms with Gasteiger partial charge in [0.25, 0.3) is 0 Å². The summed E-state index contributed by atoms with van der Waals surface area (Å²) in [6, 6.07) is 7.83. The molecule has 0 heterocycles. The first-order valence-electron chi connectivity index (χ1n) is 7.17. The topological polar surface area (TPSA) is 63.2 Å². The number of nitrogens with one attached hydrogen (secondary N) is 1. The Balaban J connectivity index is 1.74. The third-order valence-electron chi connectivity index (χ3n) is 4.09. The lowest BCUT2D eigenvalue weighted by Gasteiger charge is -2.24. The molecule has 1 atom stereocenters. The van der Waals surface area contributed by atoms with Crippen molar-refractivity contribution >= 4 is 15.9 Å². The maximum atomic E-state index is 12.3. The normalized spacial score (nSPS) is 22.1. The number of amides is 1. The monoisotopic (exact) mass is 293 g/mol. The van der Waals surface area contributed by atoms with Gasteiger partial charge in [-0.15, -0.1) is 0 Å². The molecule has 0 aromatic heterocycles. The lowest BCUT2D eigenvalue weighted by Crippen LogP contribution is -2.37. The van der Waals surface area contributed by atoms with Crippen LogP contribution in [0.25, 0.3) is 0 Å². The second-order valence-electron chi connectivity index (χ2n) is 5.83. The molecule has 5 heteroatoms. The molecule has 0 saturated heterocycles. The number of hydrogen-bond acceptors (Lipinski definition) is 3. The molecule has 1 N–H and O–H groups in total. The van der Waals surface area contributed by atoms with Crippen LogP contribution in [0.3, 0.4) is 0 Å². The molecule has 1 saturated carbocycles. The highest BCUT2D eigenvalue weighted by Gasteiger charge is 2.32. The van der Waals surface area contributed by atoms with Crippen LogP contribution in [0.15, 0.2) is 24.3 Å². The van der Waals surface area contributed by atoms with Gasteiger partial charge in [-0.25, -0.2) is 8.42 Å². The van der Waals surface area contributed by atoms with E-state index >= 15 is 0 Å². The maximum absolute atomic E-state index is 12.3. The molecule has 1 unspecified atom stereocenters. The molecule has 0 aliphatic heterocycles. The summed E-state index contributed by atoms with van der Waals surface area (Å²) < 4.78 is 26.1. The highest BCUT2D eigenvalue weighted by molar-refractivity contribution is 7.90. The molecule has 1 amide bonds. The van der Waals surface area contributed by atoms with Crippen LogP contribution >= 0.6 is 0 Å². The van der Waals surface area contributed by atoms with Crippen molar-refractivity contribution in [3.05, 3.63) is 35.4 Å². The van der Waals surface area contributed by atoms with E-state index in [2.05, 4.69) is 4.72 Å². The molecule has 2 aliphatic carbocycles. The first-order valence-corrected chi connectivity index (χ1v) is 8.82. The fourth-order valence-electron chi connectivity index (χ4n) is 2.89. The molecule has 2 aliphatic rings. The Morgan fingerprint density at radius 3 is 2.70 bits per heavy atom. The Kier molecular flexibility index (Phi) is 3.54. The Morgan fingerprint density at radius 2 is 1.95 bits per heavy atom. The van der Waals surface area contributed by atoms with Crippen molar-refractivity contribution < 1.29 is 13.2 Å². The van der Waals surface area contributed by atoms with Crippen LogP contribution in [0.5, 0.6) is 0 Å². The molecule has 3 rings (SSSR count). The standard InChI is InChI=1S/C15H19NO3S/c17-15(16-20(18,19)10-11-8-9-11)14-7-3-5-12-4-1-2-6-13(12)14/h1-2,4,6,11,14H,3,5,7-10H2,(H,16,17). The molecule has 1 aromatic rings. The van der Waals surface area contributed by atoms with Crippen molar-refractivity contribution in [3.8, 4) is 0 Å². The van der Waals surface area contributed by atoms with E-state index in [-0.39, 0.29) is 23.5 Å². The van der Waals surface area contributed by atoms with E-state index in [1.165, 1.54) is 5.56 Å². The highest BCUT2D eigenvalue weighted by atomic mass is 32.2. The van der Waals surface area contributed by atoms with Crippen LogP contribution in [0.1, 0.15) is 42.7 Å². The second kappa shape index (κ2) is 5.20. The van der Waals surface area contributed by atoms with E-state index in [4.69, 9.17) is 0 Å². The first-order chi connectivity index (χ1) is 9.55. The zero-order valence-corrected chi connectivity index (χ0v) is 12.2. The number of rotatable bonds is 4. The van der Waals surface area contributed by atoms with Crippen LogP contribution < -0.4 is 4.72 Å². The maximum Gasteiger partial charge on any atom is 0.240 e. The Bertz CT molecular complexity index is 620. The van der Waals surface area contributed by atoms with Crippen molar-refractivity contribution in [2.24, 2.45) is 5.92 Å². The predicted molar refractivity (Wildman–Crippen MR) is 76.8 cm³/mol. The van der Waals surface area contributed by atoms with Gasteiger partial charge in [-0.05, 0) is 49.1 Å². The van der Waals surface area contributed by atoms with Crippen LogP contribution in [-0.4, -0.2) is 20.1 Å². The van der Waals surface area contributed by atoms with Crippen molar-refractivity contribution in [1.29, 1.82) is 0 Å². The number of aryl methyl sites for hydroxylation is 1. The lowest BCUT2D eigenvalue weighted by atomic mass is 9.82. The molecule has 1 fully saturated rings. The second-order valence-corrected chi connectivity index (χ2v) is 7.60. The zero-order valence-electron chi connectivity index (χ0n) is 11.3. The number of benzene rings is 1. The van der Waals surface area contributed by atoms with Gasteiger partial charge in [0.1, 0.15) is 0 Å². The molecule has 0 bridgehead atoms. The summed E-state index contributed by atoms with van der Waals surface area (Å²) in [4.78, 5) is 12.3. The Morgan fingerprint density at radius 1 is 1.20 bits per heavy atom. The number of fused-ring (bicyclic) bond motifs is 1. The molecule has 4 nitrogen and oxygen atoms in total. The summed E-state index contributed by atoms with van der Waals surface area (Å²) in [7, 11) is -3.47. The number of carbonyl (C=O) groups is 1. The van der Waals surface area contributed by atoms with E-state index in [9.17, 15) is 13.2 Å². The van der Waals surface area contributed by atoms with E-state index in [0.717, 1.165) is 37.7 Å². The molecule has 1 aromatic carbocycles. The average molecular weight is 293 g/mol. The largest absolute Gasteiger partial charge is 0.273 e. The van der Waals surface area contributed by atoms with Gasteiger partial charge >= 0.3 is 0 Å². The van der Waals surface area contributed by atoms with Crippen molar-refractivity contribution in [2.75, 3.05) is 5.75 Å². The molecule has 108 valence electrons. The third-order valence-corrected chi connectivity index (χ3v) is 5.52. The number of hydrogen-bond donors (Lipinski definition) is 1. The van der Waals surface area contributed by atoms with Crippen LogP contribution in [-0.2, 0) is 21.2 Å². The number of carbonyl (C=O) groups excluding carboxylic acids is 1. The summed E-state index contributed by atoms with van der Waals surface area (Å²) in [6.45, 7) is 0. The lowest BCUT2D eigenvalue weighted by molar-refractivity contribution is -0.121. The van der Waals surface area contributed by atoms with Gasteiger partial charge in [0.15, 0.2) is 0 Å². The van der Waals surface area contributed by atoms with Gasteiger partial charge in [-0.3, -0.25) is 9.52 Å².